The van der Waals surface area contributed by atoms with Gasteiger partial charge in [-0.15, -0.1) is 0 Å². The predicted molar refractivity (Wildman–Crippen MR) is 100.0 cm³/mol. The van der Waals surface area contributed by atoms with Gasteiger partial charge in [0.1, 0.15) is 0 Å². The summed E-state index contributed by atoms with van der Waals surface area (Å²) in [5, 5.41) is 17.2. The molecule has 3 heterocycles. The molecule has 0 radical (unpaired) electrons. The number of benzene rings is 1. The van der Waals surface area contributed by atoms with E-state index in [1.165, 1.54) is 4.57 Å². The Kier molecular flexibility index (Phi) is 4.40. The van der Waals surface area contributed by atoms with Crippen molar-refractivity contribution in [1.82, 2.24) is 19.4 Å². The smallest absolute Gasteiger partial charge is 0.336 e. The molecule has 3 N–H and O–H groups in total. The molecule has 3 aromatic rings. The monoisotopic (exact) mass is 371 g/mol. The molecule has 0 unspecified atom stereocenters. The summed E-state index contributed by atoms with van der Waals surface area (Å²) in [4.78, 5) is 16.9. The van der Waals surface area contributed by atoms with Gasteiger partial charge in [0.2, 0.25) is 5.88 Å². The SMILES string of the molecule is O=c1n2c(c(O)n1-c1ccc(NCc3ccccn3)cc1Cl)CNCC2. The third kappa shape index (κ3) is 2.95. The number of nitrogens with one attached hydrogen (secondary N) is 2. The molecule has 0 aliphatic carbocycles. The van der Waals surface area contributed by atoms with Crippen LogP contribution in [0, 0.1) is 0 Å². The average molecular weight is 372 g/mol. The molecule has 134 valence electrons. The van der Waals surface area contributed by atoms with Crippen LogP contribution in [0.5, 0.6) is 5.88 Å². The highest BCUT2D eigenvalue weighted by atomic mass is 35.5. The van der Waals surface area contributed by atoms with Gasteiger partial charge in [0, 0.05) is 31.5 Å². The molecule has 0 fully saturated rings. The number of halogens is 1. The molecule has 0 saturated heterocycles. The van der Waals surface area contributed by atoms with Gasteiger partial charge in [0.25, 0.3) is 0 Å². The largest absolute Gasteiger partial charge is 0.493 e. The molecule has 0 spiro atoms. The number of hydrogen-bond acceptors (Lipinski definition) is 5. The quantitative estimate of drug-likeness (QED) is 0.654. The zero-order valence-electron chi connectivity index (χ0n) is 13.9. The Morgan fingerprint density at radius 3 is 2.92 bits per heavy atom. The van der Waals surface area contributed by atoms with E-state index in [4.69, 9.17) is 11.6 Å². The molecule has 0 amide bonds. The minimum absolute atomic E-state index is 0.0710. The zero-order chi connectivity index (χ0) is 18.1. The van der Waals surface area contributed by atoms with Gasteiger partial charge in [-0.2, -0.15) is 0 Å². The Bertz CT molecular complexity index is 997. The summed E-state index contributed by atoms with van der Waals surface area (Å²) >= 11 is 6.40. The Labute approximate surface area is 154 Å². The number of pyridine rings is 1. The van der Waals surface area contributed by atoms with E-state index < -0.39 is 0 Å². The molecule has 2 aromatic heterocycles. The lowest BCUT2D eigenvalue weighted by atomic mass is 10.2. The molecule has 26 heavy (non-hydrogen) atoms. The van der Waals surface area contributed by atoms with Crippen molar-refractivity contribution in [3.63, 3.8) is 0 Å². The highest BCUT2D eigenvalue weighted by Crippen LogP contribution is 2.29. The molecule has 4 rings (SSSR count). The number of anilines is 1. The van der Waals surface area contributed by atoms with Crippen LogP contribution in [0.3, 0.4) is 0 Å². The predicted octanol–water partition coefficient (Wildman–Crippen LogP) is 2.11. The maximum absolute atomic E-state index is 12.6. The summed E-state index contributed by atoms with van der Waals surface area (Å²) in [5.41, 5.74) is 2.47. The van der Waals surface area contributed by atoms with Gasteiger partial charge in [-0.25, -0.2) is 9.36 Å². The van der Waals surface area contributed by atoms with E-state index in [0.29, 0.717) is 42.6 Å². The lowest BCUT2D eigenvalue weighted by molar-refractivity contribution is 0.422. The first kappa shape index (κ1) is 16.7. The van der Waals surface area contributed by atoms with E-state index in [-0.39, 0.29) is 11.6 Å². The van der Waals surface area contributed by atoms with Gasteiger partial charge in [-0.3, -0.25) is 9.55 Å². The molecule has 8 heteroatoms. The third-order valence-corrected chi connectivity index (χ3v) is 4.71. The highest BCUT2D eigenvalue weighted by molar-refractivity contribution is 6.32. The molecule has 1 aromatic carbocycles. The van der Waals surface area contributed by atoms with Gasteiger partial charge >= 0.3 is 5.69 Å². The van der Waals surface area contributed by atoms with Gasteiger partial charge in [-0.1, -0.05) is 17.7 Å². The lowest BCUT2D eigenvalue weighted by Gasteiger charge is -2.13. The number of aromatic nitrogens is 3. The molecular weight excluding hydrogens is 354 g/mol. The van der Waals surface area contributed by atoms with Crippen molar-refractivity contribution < 1.29 is 5.11 Å². The van der Waals surface area contributed by atoms with Gasteiger partial charge in [0.05, 0.1) is 28.6 Å². The number of nitrogens with zero attached hydrogens (tertiary/aromatic N) is 3. The number of aromatic hydroxyl groups is 1. The van der Waals surface area contributed by atoms with Crippen LogP contribution in [0.2, 0.25) is 5.02 Å². The molecule has 0 atom stereocenters. The fraction of sp³-hybridized carbons (Fsp3) is 0.222. The standard InChI is InChI=1S/C18H18ClN5O2/c19-14-9-12(22-10-13-3-1-2-6-21-13)4-5-15(14)24-17(25)16-11-20-7-8-23(16)18(24)26/h1-6,9,20,22,25H,7-8,10-11H2. The molecule has 0 saturated carbocycles. The Morgan fingerprint density at radius 2 is 2.19 bits per heavy atom. The van der Waals surface area contributed by atoms with Crippen molar-refractivity contribution in [2.24, 2.45) is 0 Å². The zero-order valence-corrected chi connectivity index (χ0v) is 14.7. The van der Waals surface area contributed by atoms with E-state index in [1.807, 2.05) is 24.3 Å². The molecular formula is C18H18ClN5O2. The van der Waals surface area contributed by atoms with Crippen LogP contribution >= 0.6 is 11.6 Å². The second-order valence-corrected chi connectivity index (χ2v) is 6.46. The number of fused-ring (bicyclic) bond motifs is 1. The van der Waals surface area contributed by atoms with Crippen molar-refractivity contribution in [2.75, 3.05) is 11.9 Å². The van der Waals surface area contributed by atoms with Crippen LogP contribution < -0.4 is 16.3 Å². The Balaban J connectivity index is 1.63. The summed E-state index contributed by atoms with van der Waals surface area (Å²) in [5.74, 6) is -0.0710. The summed E-state index contributed by atoms with van der Waals surface area (Å²) in [6, 6.07) is 11.0. The Hall–Kier alpha value is -2.77. The van der Waals surface area contributed by atoms with Crippen LogP contribution in [0.1, 0.15) is 11.4 Å². The van der Waals surface area contributed by atoms with Crippen LogP contribution in [0.25, 0.3) is 5.69 Å². The van der Waals surface area contributed by atoms with Gasteiger partial charge in [0.15, 0.2) is 0 Å². The molecule has 7 nitrogen and oxygen atoms in total. The fourth-order valence-electron chi connectivity index (χ4n) is 3.09. The molecule has 1 aliphatic rings. The first-order valence-corrected chi connectivity index (χ1v) is 8.71. The number of rotatable bonds is 4. The first-order valence-electron chi connectivity index (χ1n) is 8.33. The number of imidazole rings is 1. The maximum atomic E-state index is 12.6. The normalized spacial score (nSPS) is 13.4. The minimum atomic E-state index is -0.282. The first-order chi connectivity index (χ1) is 12.6. The highest BCUT2D eigenvalue weighted by Gasteiger charge is 2.23. The van der Waals surface area contributed by atoms with Crippen LogP contribution in [-0.4, -0.2) is 25.8 Å². The van der Waals surface area contributed by atoms with Crippen LogP contribution in [-0.2, 0) is 19.6 Å². The summed E-state index contributed by atoms with van der Waals surface area (Å²) in [6.45, 7) is 2.24. The Morgan fingerprint density at radius 1 is 1.31 bits per heavy atom. The minimum Gasteiger partial charge on any atom is -0.493 e. The van der Waals surface area contributed by atoms with E-state index in [0.717, 1.165) is 11.4 Å². The number of hydrogen-bond donors (Lipinski definition) is 3. The van der Waals surface area contributed by atoms with Crippen molar-refractivity contribution in [3.8, 4) is 11.6 Å². The van der Waals surface area contributed by atoms with Crippen LogP contribution in [0.4, 0.5) is 5.69 Å². The summed E-state index contributed by atoms with van der Waals surface area (Å²) in [7, 11) is 0. The van der Waals surface area contributed by atoms with Gasteiger partial charge in [-0.05, 0) is 30.3 Å². The van der Waals surface area contributed by atoms with E-state index >= 15 is 0 Å². The fourth-order valence-corrected chi connectivity index (χ4v) is 3.35. The third-order valence-electron chi connectivity index (χ3n) is 4.41. The van der Waals surface area contributed by atoms with Crippen molar-refractivity contribution in [3.05, 3.63) is 69.5 Å². The van der Waals surface area contributed by atoms with Crippen molar-refractivity contribution in [1.29, 1.82) is 0 Å². The van der Waals surface area contributed by atoms with Crippen LogP contribution in [0.15, 0.2) is 47.4 Å². The second-order valence-electron chi connectivity index (χ2n) is 6.06. The summed E-state index contributed by atoms with van der Waals surface area (Å²) in [6.07, 6.45) is 1.74. The lowest BCUT2D eigenvalue weighted by Crippen LogP contribution is -2.34. The van der Waals surface area contributed by atoms with Crippen molar-refractivity contribution >= 4 is 17.3 Å². The molecule has 1 aliphatic heterocycles. The van der Waals surface area contributed by atoms with E-state index in [9.17, 15) is 9.90 Å². The average Bonchev–Trinajstić information content (AvgIpc) is 2.92. The van der Waals surface area contributed by atoms with E-state index in [1.54, 1.807) is 22.9 Å². The van der Waals surface area contributed by atoms with E-state index in [2.05, 4.69) is 15.6 Å². The maximum Gasteiger partial charge on any atom is 0.336 e. The van der Waals surface area contributed by atoms with Gasteiger partial charge < -0.3 is 15.7 Å². The van der Waals surface area contributed by atoms with Crippen molar-refractivity contribution in [2.45, 2.75) is 19.6 Å². The molecule has 0 bridgehead atoms. The summed E-state index contributed by atoms with van der Waals surface area (Å²) < 4.78 is 2.84. The second kappa shape index (κ2) is 6.86. The topological polar surface area (TPSA) is 84.1 Å².